The Balaban J connectivity index is 1.79. The van der Waals surface area contributed by atoms with E-state index in [9.17, 15) is 10.2 Å². The summed E-state index contributed by atoms with van der Waals surface area (Å²) < 4.78 is 0. The van der Waals surface area contributed by atoms with Crippen LogP contribution < -0.4 is 0 Å². The SMILES string of the molecule is OC1C=CC(Cl)=CC1(Cc1ccccc1)CC1(Cc2ccccc2)C=C(Cl)C=CC1O. The first-order valence-corrected chi connectivity index (χ1v) is 11.2. The lowest BCUT2D eigenvalue weighted by Gasteiger charge is -2.46. The van der Waals surface area contributed by atoms with Crippen molar-refractivity contribution in [2.75, 3.05) is 0 Å². The van der Waals surface area contributed by atoms with Crippen LogP contribution >= 0.6 is 23.2 Å². The van der Waals surface area contributed by atoms with E-state index in [-0.39, 0.29) is 0 Å². The summed E-state index contributed by atoms with van der Waals surface area (Å²) in [5.41, 5.74) is 0.815. The molecule has 4 atom stereocenters. The lowest BCUT2D eigenvalue weighted by atomic mass is 9.60. The molecule has 2 aromatic carbocycles. The fraction of sp³-hybridized carbons (Fsp3) is 0.259. The van der Waals surface area contributed by atoms with Crippen LogP contribution in [-0.2, 0) is 12.8 Å². The van der Waals surface area contributed by atoms with Gasteiger partial charge in [0.15, 0.2) is 0 Å². The van der Waals surface area contributed by atoms with Crippen LogP contribution in [0, 0.1) is 10.8 Å². The third-order valence-electron chi connectivity index (χ3n) is 6.31. The largest absolute Gasteiger partial charge is 0.388 e. The number of halogens is 2. The number of benzene rings is 2. The maximum Gasteiger partial charge on any atom is 0.0819 e. The summed E-state index contributed by atoms with van der Waals surface area (Å²) in [5, 5.41) is 23.6. The quantitative estimate of drug-likeness (QED) is 0.568. The Kier molecular flexibility index (Phi) is 6.55. The molecule has 2 aliphatic rings. The van der Waals surface area contributed by atoms with Crippen molar-refractivity contribution in [3.63, 3.8) is 0 Å². The molecule has 2 N–H and O–H groups in total. The van der Waals surface area contributed by atoms with Gasteiger partial charge in [-0.3, -0.25) is 0 Å². The summed E-state index contributed by atoms with van der Waals surface area (Å²) >= 11 is 12.9. The predicted molar refractivity (Wildman–Crippen MR) is 128 cm³/mol. The van der Waals surface area contributed by atoms with Crippen LogP contribution in [0.25, 0.3) is 0 Å². The van der Waals surface area contributed by atoms with Gasteiger partial charge in [0.05, 0.1) is 12.2 Å². The maximum absolute atomic E-state index is 11.2. The standard InChI is InChI=1S/C27H26Cl2O2/c28-22-11-13-24(30)26(17-22,15-20-7-3-1-4-8-20)19-27(16-21-9-5-2-6-10-21)18-23(29)12-14-25(27)31/h1-14,17-18,24-25,30-31H,15-16,19H2. The molecule has 2 nitrogen and oxygen atoms in total. The molecular formula is C27H26Cl2O2. The van der Waals surface area contributed by atoms with Crippen LogP contribution in [-0.4, -0.2) is 22.4 Å². The van der Waals surface area contributed by atoms with Crippen molar-refractivity contribution in [3.05, 3.63) is 118 Å². The summed E-state index contributed by atoms with van der Waals surface area (Å²) in [6, 6.07) is 20.1. The summed E-state index contributed by atoms with van der Waals surface area (Å²) in [7, 11) is 0. The van der Waals surface area contributed by atoms with E-state index in [0.717, 1.165) is 11.1 Å². The monoisotopic (exact) mass is 452 g/mol. The normalized spacial score (nSPS) is 30.1. The number of allylic oxidation sites excluding steroid dienone is 4. The summed E-state index contributed by atoms with van der Waals surface area (Å²) in [6.45, 7) is 0. The van der Waals surface area contributed by atoms with E-state index in [4.69, 9.17) is 23.2 Å². The highest BCUT2D eigenvalue weighted by Crippen LogP contribution is 2.50. The Hall–Kier alpha value is -2.10. The molecule has 0 fully saturated rings. The molecule has 4 rings (SSSR count). The topological polar surface area (TPSA) is 40.5 Å². The smallest absolute Gasteiger partial charge is 0.0819 e. The first-order valence-electron chi connectivity index (χ1n) is 10.5. The van der Waals surface area contributed by atoms with Crippen molar-refractivity contribution >= 4 is 23.2 Å². The Morgan fingerprint density at radius 3 is 1.42 bits per heavy atom. The molecule has 4 heteroatoms. The van der Waals surface area contributed by atoms with Gasteiger partial charge < -0.3 is 10.2 Å². The second-order valence-electron chi connectivity index (χ2n) is 8.63. The van der Waals surface area contributed by atoms with Gasteiger partial charge in [-0.15, -0.1) is 0 Å². The summed E-state index contributed by atoms with van der Waals surface area (Å²) in [4.78, 5) is 0. The zero-order valence-electron chi connectivity index (χ0n) is 17.2. The minimum absolute atomic E-state index is 0.479. The van der Waals surface area contributed by atoms with Gasteiger partial charge in [-0.2, -0.15) is 0 Å². The molecule has 0 amide bonds. The molecular weight excluding hydrogens is 427 g/mol. The van der Waals surface area contributed by atoms with Crippen molar-refractivity contribution < 1.29 is 10.2 Å². The Morgan fingerprint density at radius 1 is 0.645 bits per heavy atom. The van der Waals surface area contributed by atoms with Gasteiger partial charge >= 0.3 is 0 Å². The number of aliphatic hydroxyl groups excluding tert-OH is 2. The van der Waals surface area contributed by atoms with E-state index < -0.39 is 23.0 Å². The number of hydrogen-bond acceptors (Lipinski definition) is 2. The fourth-order valence-corrected chi connectivity index (χ4v) is 5.46. The van der Waals surface area contributed by atoms with Crippen LogP contribution in [0.3, 0.4) is 0 Å². The predicted octanol–water partition coefficient (Wildman–Crippen LogP) is 5.94. The van der Waals surface area contributed by atoms with Crippen LogP contribution in [0.1, 0.15) is 17.5 Å². The van der Waals surface area contributed by atoms with E-state index in [2.05, 4.69) is 24.3 Å². The van der Waals surface area contributed by atoms with E-state index in [1.165, 1.54) is 0 Å². The summed E-state index contributed by atoms with van der Waals surface area (Å²) in [5.74, 6) is 0. The van der Waals surface area contributed by atoms with Crippen molar-refractivity contribution in [1.82, 2.24) is 0 Å². The first-order chi connectivity index (χ1) is 14.9. The molecule has 0 heterocycles. The van der Waals surface area contributed by atoms with Crippen molar-refractivity contribution in [2.45, 2.75) is 31.5 Å². The molecule has 0 saturated carbocycles. The molecule has 2 aliphatic carbocycles. The molecule has 0 aliphatic heterocycles. The van der Waals surface area contributed by atoms with E-state index in [1.54, 1.807) is 24.3 Å². The van der Waals surface area contributed by atoms with Gasteiger partial charge in [0.2, 0.25) is 0 Å². The molecule has 4 unspecified atom stereocenters. The minimum atomic E-state index is -0.742. The average Bonchev–Trinajstić information content (AvgIpc) is 2.75. The van der Waals surface area contributed by atoms with Gasteiger partial charge in [-0.05, 0) is 42.5 Å². The van der Waals surface area contributed by atoms with Gasteiger partial charge in [-0.25, -0.2) is 0 Å². The average molecular weight is 453 g/mol. The lowest BCUT2D eigenvalue weighted by molar-refractivity contribution is 0.0144. The van der Waals surface area contributed by atoms with Crippen molar-refractivity contribution in [2.24, 2.45) is 10.8 Å². The van der Waals surface area contributed by atoms with Crippen LogP contribution in [0.2, 0.25) is 0 Å². The van der Waals surface area contributed by atoms with Gasteiger partial charge in [-0.1, -0.05) is 108 Å². The highest BCUT2D eigenvalue weighted by atomic mass is 35.5. The van der Waals surface area contributed by atoms with Crippen LogP contribution in [0.15, 0.2) is 107 Å². The zero-order chi connectivity index (χ0) is 21.9. The number of aliphatic hydroxyl groups is 2. The van der Waals surface area contributed by atoms with Gasteiger partial charge in [0, 0.05) is 20.9 Å². The van der Waals surface area contributed by atoms with Crippen LogP contribution in [0.4, 0.5) is 0 Å². The number of hydrogen-bond donors (Lipinski definition) is 2. The highest BCUT2D eigenvalue weighted by Gasteiger charge is 2.47. The van der Waals surface area contributed by atoms with Gasteiger partial charge in [0.1, 0.15) is 0 Å². The molecule has 0 spiro atoms. The van der Waals surface area contributed by atoms with E-state index in [1.807, 2.05) is 48.6 Å². The third kappa shape index (κ3) is 4.88. The van der Waals surface area contributed by atoms with Crippen LogP contribution in [0.5, 0.6) is 0 Å². The minimum Gasteiger partial charge on any atom is -0.388 e. The van der Waals surface area contributed by atoms with E-state index >= 15 is 0 Å². The van der Waals surface area contributed by atoms with Gasteiger partial charge in [0.25, 0.3) is 0 Å². The third-order valence-corrected chi connectivity index (χ3v) is 6.78. The molecule has 0 aromatic heterocycles. The summed E-state index contributed by atoms with van der Waals surface area (Å²) in [6.07, 6.45) is 11.0. The number of rotatable bonds is 6. The fourth-order valence-electron chi connectivity index (χ4n) is 4.88. The second kappa shape index (κ2) is 9.18. The first kappa shape index (κ1) is 22.1. The molecule has 160 valence electrons. The molecule has 0 bridgehead atoms. The maximum atomic E-state index is 11.2. The van der Waals surface area contributed by atoms with E-state index in [0.29, 0.717) is 29.3 Å². The molecule has 0 saturated heterocycles. The Labute approximate surface area is 193 Å². The molecule has 2 aromatic rings. The zero-order valence-corrected chi connectivity index (χ0v) is 18.7. The van der Waals surface area contributed by atoms with Crippen molar-refractivity contribution in [1.29, 1.82) is 0 Å². The second-order valence-corrected chi connectivity index (χ2v) is 9.51. The van der Waals surface area contributed by atoms with Crippen molar-refractivity contribution in [3.8, 4) is 0 Å². The molecule has 0 radical (unpaired) electrons. The Morgan fingerprint density at radius 2 is 1.03 bits per heavy atom. The highest BCUT2D eigenvalue weighted by molar-refractivity contribution is 6.31. The lowest BCUT2D eigenvalue weighted by Crippen LogP contribution is -2.46. The molecule has 31 heavy (non-hydrogen) atoms. The Bertz CT molecular complexity index is 942.